The largest absolute Gasteiger partial charge is 0.292 e. The predicted octanol–water partition coefficient (Wildman–Crippen LogP) is 11.6. The number of halogens is 2. The molecular formula is C49H50Cl2N4O2S2. The lowest BCUT2D eigenvalue weighted by atomic mass is 9.88. The van der Waals surface area contributed by atoms with E-state index in [4.69, 9.17) is 23.2 Å². The third kappa shape index (κ3) is 12.6. The Hall–Kier alpha value is -4.90. The molecule has 0 aliphatic carbocycles. The summed E-state index contributed by atoms with van der Waals surface area (Å²) in [4.78, 5) is 2.83. The lowest BCUT2D eigenvalue weighted by molar-refractivity contribution is 0.404. The molecule has 0 fully saturated rings. The van der Waals surface area contributed by atoms with Crippen molar-refractivity contribution in [1.82, 2.24) is 10.6 Å². The highest BCUT2D eigenvalue weighted by Crippen LogP contribution is 2.33. The van der Waals surface area contributed by atoms with Crippen LogP contribution in [0.25, 0.3) is 0 Å². The monoisotopic (exact) mass is 860 g/mol. The van der Waals surface area contributed by atoms with E-state index in [9.17, 15) is 18.9 Å². The number of nitriles is 2. The van der Waals surface area contributed by atoms with Gasteiger partial charge >= 0.3 is 0 Å². The molecule has 10 heteroatoms. The van der Waals surface area contributed by atoms with Gasteiger partial charge in [0.2, 0.25) is 0 Å². The molecule has 0 heterocycles. The Morgan fingerprint density at radius 2 is 0.814 bits per heavy atom. The number of hydrogen-bond acceptors (Lipinski definition) is 6. The van der Waals surface area contributed by atoms with Crippen molar-refractivity contribution >= 4 is 44.8 Å². The maximum absolute atomic E-state index is 13.3. The number of hydrogen-bond donors (Lipinski definition) is 2. The van der Waals surface area contributed by atoms with Gasteiger partial charge in [0.1, 0.15) is 11.1 Å². The fourth-order valence-corrected chi connectivity index (χ4v) is 8.98. The third-order valence-electron chi connectivity index (χ3n) is 9.88. The summed E-state index contributed by atoms with van der Waals surface area (Å²) in [5.74, 6) is 0. The molecule has 0 spiro atoms. The van der Waals surface area contributed by atoms with Crippen LogP contribution in [-0.4, -0.2) is 13.8 Å². The van der Waals surface area contributed by atoms with E-state index in [0.29, 0.717) is 35.7 Å². The number of nitrogens with one attached hydrogen (secondary N) is 2. The molecule has 0 aliphatic rings. The summed E-state index contributed by atoms with van der Waals surface area (Å²) in [5, 5.41) is 27.3. The van der Waals surface area contributed by atoms with Gasteiger partial charge in [-0.2, -0.15) is 10.5 Å². The van der Waals surface area contributed by atoms with Gasteiger partial charge in [-0.05, 0) is 74.2 Å². The van der Waals surface area contributed by atoms with E-state index in [1.807, 2.05) is 185 Å². The second kappa shape index (κ2) is 23.6. The zero-order valence-electron chi connectivity index (χ0n) is 33.8. The van der Waals surface area contributed by atoms with E-state index in [1.165, 1.54) is 0 Å². The Morgan fingerprint density at radius 3 is 1.12 bits per heavy atom. The highest BCUT2D eigenvalue weighted by molar-refractivity contribution is 7.85. The summed E-state index contributed by atoms with van der Waals surface area (Å²) in [6, 6.07) is 55.4. The second-order valence-corrected chi connectivity index (χ2v) is 17.4. The third-order valence-corrected chi connectivity index (χ3v) is 12.8. The Kier molecular flexibility index (Phi) is 18.7. The van der Waals surface area contributed by atoms with Crippen LogP contribution in [0.1, 0.15) is 60.1 Å². The SMILES string of the molecule is CC[C@](C#N)(NCc1ccccc1)c1ccccc1[S@@](=O)c1ccc(C)cc1.CC[C@](C#N)(NCc1ccccc1)c1ccccc1[S@@](=O)c1ccc(C)cc1.ClCCl. The fourth-order valence-electron chi connectivity index (χ4n) is 6.42. The molecule has 0 aromatic heterocycles. The lowest BCUT2D eigenvalue weighted by Crippen LogP contribution is -2.41. The quantitative estimate of drug-likeness (QED) is 0.106. The van der Waals surface area contributed by atoms with E-state index in [-0.39, 0.29) is 5.34 Å². The average molecular weight is 862 g/mol. The smallest absolute Gasteiger partial charge is 0.133 e. The first kappa shape index (κ1) is 46.8. The van der Waals surface area contributed by atoms with Crippen LogP contribution in [-0.2, 0) is 45.8 Å². The van der Waals surface area contributed by atoms with Gasteiger partial charge in [0.05, 0.1) is 39.1 Å². The van der Waals surface area contributed by atoms with E-state index >= 15 is 0 Å². The van der Waals surface area contributed by atoms with Crippen molar-refractivity contribution in [2.75, 3.05) is 5.34 Å². The fraction of sp³-hybridized carbons (Fsp3) is 0.224. The topological polar surface area (TPSA) is 106 Å². The van der Waals surface area contributed by atoms with Gasteiger partial charge in [-0.1, -0.05) is 146 Å². The number of aryl methyl sites for hydroxylation is 2. The zero-order chi connectivity index (χ0) is 42.7. The molecule has 6 nitrogen and oxygen atoms in total. The first-order chi connectivity index (χ1) is 28.6. The molecule has 0 aliphatic heterocycles. The number of benzene rings is 6. The summed E-state index contributed by atoms with van der Waals surface area (Å²) in [6.07, 6.45) is 1.14. The van der Waals surface area contributed by atoms with Crippen molar-refractivity contribution in [1.29, 1.82) is 10.5 Å². The van der Waals surface area contributed by atoms with E-state index < -0.39 is 32.7 Å². The van der Waals surface area contributed by atoms with Crippen LogP contribution in [0.5, 0.6) is 0 Å². The highest BCUT2D eigenvalue weighted by atomic mass is 35.5. The predicted molar refractivity (Wildman–Crippen MR) is 243 cm³/mol. The molecule has 0 radical (unpaired) electrons. The van der Waals surface area contributed by atoms with Crippen molar-refractivity contribution in [3.8, 4) is 12.1 Å². The number of alkyl halides is 2. The van der Waals surface area contributed by atoms with Crippen molar-refractivity contribution in [3.63, 3.8) is 0 Å². The van der Waals surface area contributed by atoms with Crippen LogP contribution in [0.15, 0.2) is 177 Å². The summed E-state index contributed by atoms with van der Waals surface area (Å²) < 4.78 is 26.6. The van der Waals surface area contributed by atoms with Crippen LogP contribution < -0.4 is 10.6 Å². The van der Waals surface area contributed by atoms with Gasteiger partial charge in [-0.15, -0.1) is 23.2 Å². The van der Waals surface area contributed by atoms with Crippen LogP contribution in [0.4, 0.5) is 0 Å². The number of nitrogens with zero attached hydrogens (tertiary/aromatic N) is 2. The van der Waals surface area contributed by atoms with Crippen LogP contribution >= 0.6 is 23.2 Å². The first-order valence-corrected chi connectivity index (χ1v) is 22.7. The zero-order valence-corrected chi connectivity index (χ0v) is 37.0. The Labute approximate surface area is 365 Å². The van der Waals surface area contributed by atoms with Crippen LogP contribution in [0.3, 0.4) is 0 Å². The van der Waals surface area contributed by atoms with Gasteiger partial charge < -0.3 is 0 Å². The molecule has 6 rings (SSSR count). The van der Waals surface area contributed by atoms with Gasteiger partial charge in [0.15, 0.2) is 0 Å². The maximum Gasteiger partial charge on any atom is 0.133 e. The highest BCUT2D eigenvalue weighted by Gasteiger charge is 2.35. The summed E-state index contributed by atoms with van der Waals surface area (Å²) in [5.41, 5.74) is 4.18. The lowest BCUT2D eigenvalue weighted by Gasteiger charge is -2.29. The minimum absolute atomic E-state index is 0.194. The molecule has 0 unspecified atom stereocenters. The van der Waals surface area contributed by atoms with Gasteiger partial charge in [0, 0.05) is 43.8 Å². The van der Waals surface area contributed by atoms with Crippen LogP contribution in [0, 0.1) is 36.5 Å². The molecule has 0 bridgehead atoms. The molecule has 0 amide bonds. The van der Waals surface area contributed by atoms with Crippen molar-refractivity contribution in [2.24, 2.45) is 0 Å². The molecule has 6 aromatic rings. The molecule has 304 valence electrons. The summed E-state index contributed by atoms with van der Waals surface area (Å²) in [7, 11) is -2.71. The van der Waals surface area contributed by atoms with Gasteiger partial charge in [0.25, 0.3) is 0 Å². The minimum Gasteiger partial charge on any atom is -0.292 e. The summed E-state index contributed by atoms with van der Waals surface area (Å²) >= 11 is 9.53. The van der Waals surface area contributed by atoms with Gasteiger partial charge in [-0.25, -0.2) is 8.42 Å². The van der Waals surface area contributed by atoms with E-state index in [2.05, 4.69) is 22.8 Å². The standard InChI is InChI=1S/2C24H24N2OS.CH2Cl2/c2*1-3-24(18-25,26-17-20-9-5-4-6-10-20)22-11-7-8-12-23(22)28(27)21-15-13-19(2)14-16-21;2-1-3/h2*4-16,26H,3,17H2,1-2H3;1H2/t2*24-,28+;/m11./s1. The average Bonchev–Trinajstić information content (AvgIpc) is 3.29. The van der Waals surface area contributed by atoms with E-state index in [1.54, 1.807) is 0 Å². The molecule has 59 heavy (non-hydrogen) atoms. The summed E-state index contributed by atoms with van der Waals surface area (Å²) in [6.45, 7) is 9.10. The Balaban J connectivity index is 0.000000244. The Bertz CT molecular complexity index is 2180. The van der Waals surface area contributed by atoms with Crippen molar-refractivity contribution in [3.05, 3.63) is 191 Å². The Morgan fingerprint density at radius 1 is 0.508 bits per heavy atom. The molecule has 4 atom stereocenters. The van der Waals surface area contributed by atoms with Gasteiger partial charge in [-0.3, -0.25) is 10.6 Å². The second-order valence-electron chi connectivity index (χ2n) is 13.7. The molecule has 0 saturated heterocycles. The normalized spacial score (nSPS) is 13.6. The molecule has 6 aromatic carbocycles. The molecular weight excluding hydrogens is 812 g/mol. The molecule has 2 N–H and O–H groups in total. The van der Waals surface area contributed by atoms with E-state index in [0.717, 1.165) is 43.2 Å². The number of rotatable bonds is 14. The molecule has 0 saturated carbocycles. The maximum atomic E-state index is 13.3. The van der Waals surface area contributed by atoms with Crippen molar-refractivity contribution in [2.45, 2.75) is 84.3 Å². The minimum atomic E-state index is -1.36. The first-order valence-electron chi connectivity index (χ1n) is 19.3. The van der Waals surface area contributed by atoms with Crippen LogP contribution in [0.2, 0.25) is 0 Å². The van der Waals surface area contributed by atoms with Crippen molar-refractivity contribution < 1.29 is 8.42 Å².